The Morgan fingerprint density at radius 1 is 1.26 bits per heavy atom. The summed E-state index contributed by atoms with van der Waals surface area (Å²) in [5, 5.41) is 3.66. The van der Waals surface area contributed by atoms with Crippen LogP contribution in [0, 0.1) is 0 Å². The second-order valence-corrected chi connectivity index (χ2v) is 6.27. The van der Waals surface area contributed by atoms with Gasteiger partial charge in [0.1, 0.15) is 16.9 Å². The molecule has 1 amide bonds. The highest BCUT2D eigenvalue weighted by atomic mass is 16.6. The van der Waals surface area contributed by atoms with Crippen molar-refractivity contribution in [2.24, 2.45) is 5.73 Å². The van der Waals surface area contributed by atoms with Crippen LogP contribution in [0.2, 0.25) is 0 Å². The second-order valence-electron chi connectivity index (χ2n) is 6.27. The maximum Gasteiger partial charge on any atom is 0.407 e. The molecule has 2 rings (SSSR count). The number of carbonyl (C=O) groups excluding carboxylic acids is 1. The summed E-state index contributed by atoms with van der Waals surface area (Å²) in [6.07, 6.45) is 1.29. The van der Waals surface area contributed by atoms with Crippen molar-refractivity contribution in [1.29, 1.82) is 0 Å². The highest BCUT2D eigenvalue weighted by Gasteiger charge is 2.16. The highest BCUT2D eigenvalue weighted by molar-refractivity contribution is 5.85. The predicted octanol–water partition coefficient (Wildman–Crippen LogP) is 2.73. The first kappa shape index (κ1) is 17.0. The minimum absolute atomic E-state index is 0.341. The lowest BCUT2D eigenvalue weighted by molar-refractivity contribution is 0.0523. The molecule has 0 aliphatic heterocycles. The first-order valence-electron chi connectivity index (χ1n) is 7.45. The number of methoxy groups -OCH3 is 1. The van der Waals surface area contributed by atoms with Gasteiger partial charge in [0.2, 0.25) is 0 Å². The second kappa shape index (κ2) is 6.83. The Kier molecular flexibility index (Phi) is 5.05. The van der Waals surface area contributed by atoms with Gasteiger partial charge in [0.15, 0.2) is 0 Å². The van der Waals surface area contributed by atoms with E-state index in [4.69, 9.17) is 15.2 Å². The summed E-state index contributed by atoms with van der Waals surface area (Å²) in [4.78, 5) is 16.1. The summed E-state index contributed by atoms with van der Waals surface area (Å²) in [6, 6.07) is 5.79. The SMILES string of the molecule is COc1cc(CNC(=O)OC(C)(C)C)cc2cc(CN)cnc12. The van der Waals surface area contributed by atoms with E-state index >= 15 is 0 Å². The molecule has 0 atom stereocenters. The normalized spacial score (nSPS) is 11.3. The number of nitrogens with one attached hydrogen (secondary N) is 1. The van der Waals surface area contributed by atoms with Gasteiger partial charge in [0.25, 0.3) is 0 Å². The molecule has 1 aromatic heterocycles. The number of pyridine rings is 1. The van der Waals surface area contributed by atoms with E-state index in [9.17, 15) is 4.79 Å². The number of carbonyl (C=O) groups is 1. The largest absolute Gasteiger partial charge is 0.494 e. The molecular formula is C17H23N3O3. The van der Waals surface area contributed by atoms with Crippen molar-refractivity contribution in [3.05, 3.63) is 35.5 Å². The predicted molar refractivity (Wildman–Crippen MR) is 89.3 cm³/mol. The number of nitrogens with two attached hydrogens (primary N) is 1. The molecule has 0 unspecified atom stereocenters. The third-order valence-electron chi connectivity index (χ3n) is 3.16. The number of nitrogens with zero attached hydrogens (tertiary/aromatic N) is 1. The molecule has 0 saturated carbocycles. The van der Waals surface area contributed by atoms with Gasteiger partial charge in [-0.2, -0.15) is 0 Å². The van der Waals surface area contributed by atoms with Crippen LogP contribution >= 0.6 is 0 Å². The minimum Gasteiger partial charge on any atom is -0.494 e. The van der Waals surface area contributed by atoms with Crippen molar-refractivity contribution < 1.29 is 14.3 Å². The Labute approximate surface area is 136 Å². The van der Waals surface area contributed by atoms with Crippen LogP contribution in [-0.4, -0.2) is 23.8 Å². The Morgan fingerprint density at radius 2 is 1.96 bits per heavy atom. The van der Waals surface area contributed by atoms with Crippen LogP contribution < -0.4 is 15.8 Å². The number of benzene rings is 1. The minimum atomic E-state index is -0.523. The quantitative estimate of drug-likeness (QED) is 0.905. The van der Waals surface area contributed by atoms with E-state index in [1.54, 1.807) is 13.3 Å². The van der Waals surface area contributed by atoms with E-state index in [1.165, 1.54) is 0 Å². The summed E-state index contributed by atoms with van der Waals surface area (Å²) < 4.78 is 10.6. The molecule has 3 N–H and O–H groups in total. The zero-order valence-electron chi connectivity index (χ0n) is 14.0. The Bertz CT molecular complexity index is 708. The average Bonchev–Trinajstić information content (AvgIpc) is 2.49. The summed E-state index contributed by atoms with van der Waals surface area (Å²) in [5.74, 6) is 0.659. The molecular weight excluding hydrogens is 294 g/mol. The molecule has 0 aliphatic rings. The zero-order chi connectivity index (χ0) is 17.0. The van der Waals surface area contributed by atoms with Crippen molar-refractivity contribution in [3.8, 4) is 5.75 Å². The molecule has 6 heteroatoms. The number of amides is 1. The summed E-state index contributed by atoms with van der Waals surface area (Å²) in [5.41, 5.74) is 7.75. The van der Waals surface area contributed by atoms with Crippen LogP contribution in [0.3, 0.4) is 0 Å². The van der Waals surface area contributed by atoms with Crippen molar-refractivity contribution >= 4 is 17.0 Å². The molecule has 6 nitrogen and oxygen atoms in total. The Balaban J connectivity index is 2.22. The van der Waals surface area contributed by atoms with Crippen LogP contribution in [0.25, 0.3) is 10.9 Å². The number of hydrogen-bond acceptors (Lipinski definition) is 5. The van der Waals surface area contributed by atoms with Crippen LogP contribution in [0.4, 0.5) is 4.79 Å². The molecule has 1 aromatic carbocycles. The molecule has 23 heavy (non-hydrogen) atoms. The van der Waals surface area contributed by atoms with Crippen molar-refractivity contribution in [3.63, 3.8) is 0 Å². The number of hydrogen-bond donors (Lipinski definition) is 2. The van der Waals surface area contributed by atoms with E-state index in [0.29, 0.717) is 18.8 Å². The first-order valence-corrected chi connectivity index (χ1v) is 7.45. The fourth-order valence-electron chi connectivity index (χ4n) is 2.18. The van der Waals surface area contributed by atoms with E-state index < -0.39 is 11.7 Å². The molecule has 0 aliphatic carbocycles. The molecule has 2 aromatic rings. The van der Waals surface area contributed by atoms with Gasteiger partial charge < -0.3 is 20.5 Å². The Hall–Kier alpha value is -2.34. The van der Waals surface area contributed by atoms with Crippen LogP contribution in [0.1, 0.15) is 31.9 Å². The van der Waals surface area contributed by atoms with Crippen LogP contribution in [-0.2, 0) is 17.8 Å². The zero-order valence-corrected chi connectivity index (χ0v) is 14.0. The number of fused-ring (bicyclic) bond motifs is 1. The first-order chi connectivity index (χ1) is 10.8. The van der Waals surface area contributed by atoms with Crippen LogP contribution in [0.5, 0.6) is 5.75 Å². The van der Waals surface area contributed by atoms with Gasteiger partial charge in [-0.25, -0.2) is 4.79 Å². The van der Waals surface area contributed by atoms with Crippen LogP contribution in [0.15, 0.2) is 24.4 Å². The lowest BCUT2D eigenvalue weighted by atomic mass is 10.1. The summed E-state index contributed by atoms with van der Waals surface area (Å²) >= 11 is 0. The Morgan fingerprint density at radius 3 is 2.57 bits per heavy atom. The molecule has 0 fully saturated rings. The monoisotopic (exact) mass is 317 g/mol. The van der Waals surface area contributed by atoms with Gasteiger partial charge in [-0.15, -0.1) is 0 Å². The maximum atomic E-state index is 11.8. The van der Waals surface area contributed by atoms with Crippen molar-refractivity contribution in [1.82, 2.24) is 10.3 Å². The lowest BCUT2D eigenvalue weighted by Gasteiger charge is -2.19. The van der Waals surface area contributed by atoms with Gasteiger partial charge in [0.05, 0.1) is 7.11 Å². The van der Waals surface area contributed by atoms with Gasteiger partial charge >= 0.3 is 6.09 Å². The molecule has 0 saturated heterocycles. The fraction of sp³-hybridized carbons (Fsp3) is 0.412. The number of aromatic nitrogens is 1. The fourth-order valence-corrected chi connectivity index (χ4v) is 2.18. The summed E-state index contributed by atoms with van der Waals surface area (Å²) in [6.45, 7) is 6.24. The van der Waals surface area contributed by atoms with E-state index in [0.717, 1.165) is 22.0 Å². The third-order valence-corrected chi connectivity index (χ3v) is 3.16. The van der Waals surface area contributed by atoms with E-state index in [2.05, 4.69) is 10.3 Å². The number of rotatable bonds is 4. The highest BCUT2D eigenvalue weighted by Crippen LogP contribution is 2.26. The molecule has 0 spiro atoms. The molecule has 1 heterocycles. The summed E-state index contributed by atoms with van der Waals surface area (Å²) in [7, 11) is 1.60. The number of alkyl carbamates (subject to hydrolysis) is 1. The standard InChI is InChI=1S/C17H23N3O3/c1-17(2,3)23-16(21)20-9-11-5-13-6-12(8-18)10-19-15(13)14(7-11)22-4/h5-7,10H,8-9,18H2,1-4H3,(H,20,21). The van der Waals surface area contributed by atoms with Gasteiger partial charge in [-0.1, -0.05) is 0 Å². The van der Waals surface area contributed by atoms with Crippen molar-refractivity contribution in [2.75, 3.05) is 7.11 Å². The van der Waals surface area contributed by atoms with E-state index in [1.807, 2.05) is 39.0 Å². The van der Waals surface area contributed by atoms with Gasteiger partial charge in [-0.05, 0) is 50.1 Å². The average molecular weight is 317 g/mol. The smallest absolute Gasteiger partial charge is 0.407 e. The van der Waals surface area contributed by atoms with Gasteiger partial charge in [0, 0.05) is 24.7 Å². The topological polar surface area (TPSA) is 86.5 Å². The maximum absolute atomic E-state index is 11.8. The molecule has 124 valence electrons. The van der Waals surface area contributed by atoms with E-state index in [-0.39, 0.29) is 0 Å². The lowest BCUT2D eigenvalue weighted by Crippen LogP contribution is -2.32. The van der Waals surface area contributed by atoms with Crippen molar-refractivity contribution in [2.45, 2.75) is 39.5 Å². The number of ether oxygens (including phenoxy) is 2. The van der Waals surface area contributed by atoms with Gasteiger partial charge in [-0.3, -0.25) is 4.98 Å². The molecule has 0 radical (unpaired) electrons. The third kappa shape index (κ3) is 4.56. The molecule has 0 bridgehead atoms.